The Morgan fingerprint density at radius 1 is 1.04 bits per heavy atom. The maximum absolute atomic E-state index is 9.70. The van der Waals surface area contributed by atoms with E-state index >= 15 is 0 Å². The number of ether oxygens (including phenoxy) is 3. The molecule has 24 heavy (non-hydrogen) atoms. The van der Waals surface area contributed by atoms with E-state index in [1.165, 1.54) is 0 Å². The van der Waals surface area contributed by atoms with Crippen LogP contribution in [0.2, 0.25) is 0 Å². The maximum Gasteiger partial charge on any atom is 0.138 e. The Hall–Kier alpha value is -2.62. The Kier molecular flexibility index (Phi) is 2.57. The van der Waals surface area contributed by atoms with Crippen molar-refractivity contribution >= 4 is 6.08 Å². The van der Waals surface area contributed by atoms with E-state index in [-0.39, 0.29) is 23.4 Å². The number of rotatable bonds is 0. The number of hydrogen-bond donors (Lipinski definition) is 1. The molecule has 122 valence electrons. The summed E-state index contributed by atoms with van der Waals surface area (Å²) in [6, 6.07) is 9.37. The van der Waals surface area contributed by atoms with E-state index in [2.05, 4.69) is 18.2 Å². The van der Waals surface area contributed by atoms with Crippen LogP contribution in [-0.2, 0) is 0 Å². The van der Waals surface area contributed by atoms with Gasteiger partial charge in [0.05, 0.1) is 12.5 Å². The number of phenolic OH excluding ortho intramolecular Hbond substituents is 1. The van der Waals surface area contributed by atoms with Crippen molar-refractivity contribution in [2.24, 2.45) is 0 Å². The van der Waals surface area contributed by atoms with Crippen molar-refractivity contribution in [1.82, 2.24) is 0 Å². The van der Waals surface area contributed by atoms with Crippen molar-refractivity contribution < 1.29 is 19.3 Å². The fourth-order valence-corrected chi connectivity index (χ4v) is 3.72. The lowest BCUT2D eigenvalue weighted by molar-refractivity contribution is 0.135. The molecule has 0 spiro atoms. The Morgan fingerprint density at radius 2 is 1.92 bits per heavy atom. The first-order valence-corrected chi connectivity index (χ1v) is 8.19. The van der Waals surface area contributed by atoms with Crippen molar-refractivity contribution in [2.45, 2.75) is 31.5 Å². The number of fused-ring (bicyclic) bond motifs is 6. The Bertz CT molecular complexity index is 881. The third-order valence-electron chi connectivity index (χ3n) is 4.92. The van der Waals surface area contributed by atoms with Crippen molar-refractivity contribution in [3.05, 3.63) is 53.1 Å². The summed E-state index contributed by atoms with van der Waals surface area (Å²) in [7, 11) is 0. The fourth-order valence-electron chi connectivity index (χ4n) is 3.72. The van der Waals surface area contributed by atoms with Crippen molar-refractivity contribution in [2.75, 3.05) is 6.61 Å². The van der Waals surface area contributed by atoms with Crippen LogP contribution in [0.1, 0.15) is 42.6 Å². The topological polar surface area (TPSA) is 47.9 Å². The molecule has 0 bridgehead atoms. The molecule has 0 amide bonds. The molecule has 0 unspecified atom stereocenters. The standard InChI is InChI=1S/C20H18O4/c1-20(2)6-5-11-7-14-17(9-16(11)24-20)22-10-15-13-4-3-12(21)8-18(13)23-19(14)15/h3-9,15,19,21H,10H2,1-2H3/t15-,19+/m0/s1. The van der Waals surface area contributed by atoms with Crippen LogP contribution < -0.4 is 14.2 Å². The average Bonchev–Trinajstić information content (AvgIpc) is 2.90. The first-order valence-electron chi connectivity index (χ1n) is 8.19. The largest absolute Gasteiger partial charge is 0.508 e. The van der Waals surface area contributed by atoms with Crippen LogP contribution in [0.25, 0.3) is 6.08 Å². The van der Waals surface area contributed by atoms with E-state index in [0.29, 0.717) is 6.61 Å². The minimum atomic E-state index is -0.309. The highest BCUT2D eigenvalue weighted by atomic mass is 16.5. The van der Waals surface area contributed by atoms with Crippen molar-refractivity contribution in [1.29, 1.82) is 0 Å². The van der Waals surface area contributed by atoms with E-state index in [4.69, 9.17) is 14.2 Å². The zero-order chi connectivity index (χ0) is 16.5. The molecule has 0 aromatic heterocycles. The van der Waals surface area contributed by atoms with Gasteiger partial charge in [-0.05, 0) is 32.1 Å². The first-order chi connectivity index (χ1) is 11.5. The average molecular weight is 322 g/mol. The molecule has 4 heteroatoms. The predicted octanol–water partition coefficient (Wildman–Crippen LogP) is 4.19. The molecule has 5 rings (SSSR count). The zero-order valence-electron chi connectivity index (χ0n) is 13.6. The third kappa shape index (κ3) is 1.92. The minimum absolute atomic E-state index is 0.0841. The highest BCUT2D eigenvalue weighted by Gasteiger charge is 2.41. The van der Waals surface area contributed by atoms with Gasteiger partial charge in [-0.25, -0.2) is 0 Å². The summed E-state index contributed by atoms with van der Waals surface area (Å²) in [5.74, 6) is 2.77. The molecule has 0 aliphatic carbocycles. The van der Waals surface area contributed by atoms with Crippen LogP contribution in [0, 0.1) is 0 Å². The molecule has 1 N–H and O–H groups in total. The minimum Gasteiger partial charge on any atom is -0.508 e. The van der Waals surface area contributed by atoms with Gasteiger partial charge in [0.1, 0.15) is 34.7 Å². The predicted molar refractivity (Wildman–Crippen MR) is 89.9 cm³/mol. The lowest BCUT2D eigenvalue weighted by Gasteiger charge is -2.32. The molecule has 2 aromatic carbocycles. The molecule has 0 radical (unpaired) electrons. The van der Waals surface area contributed by atoms with E-state index < -0.39 is 0 Å². The molecule has 4 nitrogen and oxygen atoms in total. The van der Waals surface area contributed by atoms with Crippen LogP contribution >= 0.6 is 0 Å². The third-order valence-corrected chi connectivity index (χ3v) is 4.92. The molecule has 0 saturated carbocycles. The Labute approximate surface area is 140 Å². The molecule has 0 saturated heterocycles. The Morgan fingerprint density at radius 3 is 2.79 bits per heavy atom. The van der Waals surface area contributed by atoms with E-state index in [1.807, 2.05) is 26.0 Å². The summed E-state index contributed by atoms with van der Waals surface area (Å²) in [6.07, 6.45) is 4.07. The number of benzene rings is 2. The van der Waals surface area contributed by atoms with Crippen molar-refractivity contribution in [3.63, 3.8) is 0 Å². The van der Waals surface area contributed by atoms with Crippen LogP contribution in [0.3, 0.4) is 0 Å². The highest BCUT2D eigenvalue weighted by molar-refractivity contribution is 5.66. The van der Waals surface area contributed by atoms with Crippen LogP contribution in [0.4, 0.5) is 0 Å². The normalized spacial score (nSPS) is 24.6. The quantitative estimate of drug-likeness (QED) is 0.790. The van der Waals surface area contributed by atoms with Gasteiger partial charge in [0.2, 0.25) is 0 Å². The summed E-state index contributed by atoms with van der Waals surface area (Å²) < 4.78 is 18.2. The number of phenols is 1. The van der Waals surface area contributed by atoms with Crippen LogP contribution in [0.15, 0.2) is 36.4 Å². The van der Waals surface area contributed by atoms with Gasteiger partial charge in [-0.2, -0.15) is 0 Å². The molecule has 3 aliphatic heterocycles. The summed E-state index contributed by atoms with van der Waals surface area (Å²) >= 11 is 0. The van der Waals surface area contributed by atoms with Gasteiger partial charge in [-0.1, -0.05) is 12.1 Å². The molecule has 0 fully saturated rings. The fraction of sp³-hybridized carbons (Fsp3) is 0.300. The molecule has 2 aromatic rings. The molecule has 3 aliphatic rings. The first kappa shape index (κ1) is 13.8. The maximum atomic E-state index is 9.70. The van der Waals surface area contributed by atoms with Gasteiger partial charge in [0, 0.05) is 28.8 Å². The Balaban J connectivity index is 1.59. The van der Waals surface area contributed by atoms with E-state index in [9.17, 15) is 5.11 Å². The SMILES string of the molecule is CC1(C)C=Cc2cc3c(cc2O1)OC[C@H]1c2ccc(O)cc2O[C@H]31. The van der Waals surface area contributed by atoms with Gasteiger partial charge < -0.3 is 19.3 Å². The zero-order valence-corrected chi connectivity index (χ0v) is 13.6. The summed E-state index contributed by atoms with van der Waals surface area (Å²) in [6.45, 7) is 4.63. The second kappa shape index (κ2) is 4.47. The van der Waals surface area contributed by atoms with Gasteiger partial charge in [-0.3, -0.25) is 0 Å². The van der Waals surface area contributed by atoms with E-state index in [0.717, 1.165) is 33.9 Å². The summed E-state index contributed by atoms with van der Waals surface area (Å²) in [5.41, 5.74) is 2.86. The molecule has 3 heterocycles. The number of hydrogen-bond acceptors (Lipinski definition) is 4. The second-order valence-corrected chi connectivity index (χ2v) is 7.14. The number of aromatic hydroxyl groups is 1. The highest BCUT2D eigenvalue weighted by Crippen LogP contribution is 2.53. The molecular formula is C20H18O4. The van der Waals surface area contributed by atoms with E-state index in [1.54, 1.807) is 12.1 Å². The monoisotopic (exact) mass is 322 g/mol. The molecule has 2 atom stereocenters. The van der Waals surface area contributed by atoms with Gasteiger partial charge in [0.15, 0.2) is 0 Å². The van der Waals surface area contributed by atoms with Gasteiger partial charge >= 0.3 is 0 Å². The van der Waals surface area contributed by atoms with Gasteiger partial charge in [0.25, 0.3) is 0 Å². The van der Waals surface area contributed by atoms with Crippen molar-refractivity contribution in [3.8, 4) is 23.0 Å². The molecular weight excluding hydrogens is 304 g/mol. The summed E-state index contributed by atoms with van der Waals surface area (Å²) in [4.78, 5) is 0. The summed E-state index contributed by atoms with van der Waals surface area (Å²) in [5, 5.41) is 9.70. The van der Waals surface area contributed by atoms with Crippen LogP contribution in [0.5, 0.6) is 23.0 Å². The lowest BCUT2D eigenvalue weighted by atomic mass is 9.88. The second-order valence-electron chi connectivity index (χ2n) is 7.14. The van der Waals surface area contributed by atoms with Gasteiger partial charge in [-0.15, -0.1) is 0 Å². The lowest BCUT2D eigenvalue weighted by Crippen LogP contribution is -2.28. The van der Waals surface area contributed by atoms with Crippen LogP contribution in [-0.4, -0.2) is 17.3 Å². The smallest absolute Gasteiger partial charge is 0.138 e.